The van der Waals surface area contributed by atoms with Crippen molar-refractivity contribution in [1.82, 2.24) is 0 Å². The smallest absolute Gasteiger partial charge is 0.341 e. The first-order valence-electron chi connectivity index (χ1n) is 8.76. The molecule has 1 aliphatic rings. The fourth-order valence-electron chi connectivity index (χ4n) is 3.06. The lowest BCUT2D eigenvalue weighted by Crippen LogP contribution is -2.30. The maximum atomic E-state index is 12.6. The molecule has 1 atom stereocenters. The lowest BCUT2D eigenvalue weighted by molar-refractivity contribution is -0.122. The van der Waals surface area contributed by atoms with Gasteiger partial charge < -0.3 is 14.8 Å². The number of rotatable bonds is 5. The zero-order valence-corrected chi connectivity index (χ0v) is 16.1. The number of amides is 1. The molecule has 6 heteroatoms. The van der Waals surface area contributed by atoms with Crippen molar-refractivity contribution in [2.75, 3.05) is 12.4 Å². The lowest BCUT2D eigenvalue weighted by atomic mass is 9.95. The molecule has 1 aromatic heterocycles. The van der Waals surface area contributed by atoms with Gasteiger partial charge in [0.25, 0.3) is 5.91 Å². The first kappa shape index (κ1) is 18.5. The van der Waals surface area contributed by atoms with Gasteiger partial charge in [0, 0.05) is 4.88 Å². The van der Waals surface area contributed by atoms with Crippen LogP contribution in [-0.2, 0) is 22.4 Å². The monoisotopic (exact) mass is 373 g/mol. The summed E-state index contributed by atoms with van der Waals surface area (Å²) in [6.45, 7) is 3.69. The quantitative estimate of drug-likeness (QED) is 0.801. The summed E-state index contributed by atoms with van der Waals surface area (Å²) in [5.74, 6) is -0.0435. The number of anilines is 1. The number of ether oxygens (including phenoxy) is 2. The molecule has 5 nitrogen and oxygen atoms in total. The lowest BCUT2D eigenvalue weighted by Gasteiger charge is -2.15. The molecule has 1 amide bonds. The number of nitrogens with one attached hydrogen (secondary N) is 1. The van der Waals surface area contributed by atoms with Crippen LogP contribution in [0.15, 0.2) is 24.3 Å². The van der Waals surface area contributed by atoms with Gasteiger partial charge in [-0.05, 0) is 57.2 Å². The molecule has 2 aromatic rings. The third-order valence-electron chi connectivity index (χ3n) is 4.50. The van der Waals surface area contributed by atoms with Gasteiger partial charge in [0.2, 0.25) is 0 Å². The van der Waals surface area contributed by atoms with Crippen LogP contribution in [0.1, 0.15) is 46.1 Å². The van der Waals surface area contributed by atoms with Crippen molar-refractivity contribution in [3.63, 3.8) is 0 Å². The van der Waals surface area contributed by atoms with Crippen LogP contribution < -0.4 is 10.1 Å². The maximum Gasteiger partial charge on any atom is 0.341 e. The highest BCUT2D eigenvalue weighted by atomic mass is 32.1. The maximum absolute atomic E-state index is 12.6. The highest BCUT2D eigenvalue weighted by molar-refractivity contribution is 7.17. The molecular formula is C20H23NO4S. The molecule has 0 saturated carbocycles. The second kappa shape index (κ2) is 7.91. The van der Waals surface area contributed by atoms with E-state index in [-0.39, 0.29) is 5.91 Å². The van der Waals surface area contributed by atoms with Gasteiger partial charge in [0.05, 0.1) is 12.7 Å². The summed E-state index contributed by atoms with van der Waals surface area (Å²) in [5, 5.41) is 3.43. The summed E-state index contributed by atoms with van der Waals surface area (Å²) in [7, 11) is 1.37. The van der Waals surface area contributed by atoms with Crippen LogP contribution in [0.5, 0.6) is 5.75 Å². The van der Waals surface area contributed by atoms with E-state index in [2.05, 4.69) is 5.32 Å². The van der Waals surface area contributed by atoms with Crippen LogP contribution >= 0.6 is 11.3 Å². The summed E-state index contributed by atoms with van der Waals surface area (Å²) in [4.78, 5) is 26.0. The average molecular weight is 373 g/mol. The molecule has 138 valence electrons. The third kappa shape index (κ3) is 3.90. The van der Waals surface area contributed by atoms with E-state index in [4.69, 9.17) is 9.47 Å². The molecule has 26 heavy (non-hydrogen) atoms. The van der Waals surface area contributed by atoms with E-state index in [1.54, 1.807) is 6.92 Å². The second-order valence-electron chi connectivity index (χ2n) is 6.47. The Balaban J connectivity index is 1.77. The standard InChI is InChI=1S/C20H23NO4S/c1-12-8-10-14(11-9-12)25-13(2)18(22)21-19-17(20(23)24-3)15-6-4-5-7-16(15)26-19/h8-11,13H,4-7H2,1-3H3,(H,21,22)/t13-/m0/s1. The van der Waals surface area contributed by atoms with Crippen molar-refractivity contribution in [2.45, 2.75) is 45.6 Å². The number of esters is 1. The highest BCUT2D eigenvalue weighted by Crippen LogP contribution is 2.38. The van der Waals surface area contributed by atoms with E-state index in [0.29, 0.717) is 16.3 Å². The van der Waals surface area contributed by atoms with Crippen LogP contribution in [0, 0.1) is 6.92 Å². The topological polar surface area (TPSA) is 64.6 Å². The Hall–Kier alpha value is -2.34. The van der Waals surface area contributed by atoms with Gasteiger partial charge in [-0.2, -0.15) is 0 Å². The predicted octanol–water partition coefficient (Wildman–Crippen LogP) is 4.13. The van der Waals surface area contributed by atoms with Crippen LogP contribution in [0.2, 0.25) is 0 Å². The third-order valence-corrected chi connectivity index (χ3v) is 5.71. The largest absolute Gasteiger partial charge is 0.481 e. The summed E-state index contributed by atoms with van der Waals surface area (Å²) in [6, 6.07) is 7.54. The number of fused-ring (bicyclic) bond motifs is 1. The number of thiophene rings is 1. The minimum atomic E-state index is -0.678. The molecule has 3 rings (SSSR count). The van der Waals surface area contributed by atoms with Crippen molar-refractivity contribution in [2.24, 2.45) is 0 Å². The number of benzene rings is 1. The fourth-order valence-corrected chi connectivity index (χ4v) is 4.34. The van der Waals surface area contributed by atoms with E-state index in [9.17, 15) is 9.59 Å². The molecule has 0 radical (unpaired) electrons. The number of aryl methyl sites for hydroxylation is 2. The molecule has 0 saturated heterocycles. The minimum absolute atomic E-state index is 0.283. The van der Waals surface area contributed by atoms with Crippen molar-refractivity contribution < 1.29 is 19.1 Å². The zero-order valence-electron chi connectivity index (χ0n) is 15.3. The van der Waals surface area contributed by atoms with Crippen molar-refractivity contribution in [3.8, 4) is 5.75 Å². The molecule has 0 spiro atoms. The number of methoxy groups -OCH3 is 1. The van der Waals surface area contributed by atoms with E-state index in [1.807, 2.05) is 31.2 Å². The van der Waals surface area contributed by atoms with Gasteiger partial charge in [-0.1, -0.05) is 17.7 Å². The van der Waals surface area contributed by atoms with E-state index < -0.39 is 12.1 Å². The molecule has 0 fully saturated rings. The van der Waals surface area contributed by atoms with E-state index in [0.717, 1.165) is 36.8 Å². The number of hydrogen-bond acceptors (Lipinski definition) is 5. The Morgan fingerprint density at radius 2 is 1.85 bits per heavy atom. The van der Waals surface area contributed by atoms with Gasteiger partial charge in [0.1, 0.15) is 10.8 Å². The average Bonchev–Trinajstić information content (AvgIpc) is 3.00. The van der Waals surface area contributed by atoms with Gasteiger partial charge in [-0.25, -0.2) is 4.79 Å². The molecule has 1 heterocycles. The Labute approximate surface area is 157 Å². The molecule has 0 bridgehead atoms. The Morgan fingerprint density at radius 3 is 2.54 bits per heavy atom. The minimum Gasteiger partial charge on any atom is -0.481 e. The zero-order chi connectivity index (χ0) is 18.7. The van der Waals surface area contributed by atoms with Crippen molar-refractivity contribution in [3.05, 3.63) is 45.8 Å². The van der Waals surface area contributed by atoms with Crippen LogP contribution in [0.25, 0.3) is 0 Å². The Morgan fingerprint density at radius 1 is 1.15 bits per heavy atom. The number of carbonyl (C=O) groups excluding carboxylic acids is 2. The first-order valence-corrected chi connectivity index (χ1v) is 9.58. The van der Waals surface area contributed by atoms with Gasteiger partial charge in [0.15, 0.2) is 6.10 Å². The molecule has 0 unspecified atom stereocenters. The van der Waals surface area contributed by atoms with E-state index in [1.165, 1.54) is 23.3 Å². The van der Waals surface area contributed by atoms with Crippen LogP contribution in [0.4, 0.5) is 5.00 Å². The SMILES string of the molecule is COC(=O)c1c(NC(=O)[C@H](C)Oc2ccc(C)cc2)sc2c1CCCC2. The Bertz CT molecular complexity index is 810. The normalized spacial score (nSPS) is 14.3. The van der Waals surface area contributed by atoms with Crippen molar-refractivity contribution in [1.29, 1.82) is 0 Å². The second-order valence-corrected chi connectivity index (χ2v) is 7.57. The summed E-state index contributed by atoms with van der Waals surface area (Å²) >= 11 is 1.47. The van der Waals surface area contributed by atoms with Gasteiger partial charge in [-0.15, -0.1) is 11.3 Å². The molecule has 0 aliphatic heterocycles. The number of carbonyl (C=O) groups is 2. The molecule has 1 aromatic carbocycles. The number of hydrogen-bond donors (Lipinski definition) is 1. The summed E-state index contributed by atoms with van der Waals surface area (Å²) in [5.41, 5.74) is 2.65. The highest BCUT2D eigenvalue weighted by Gasteiger charge is 2.28. The molecule has 1 aliphatic carbocycles. The predicted molar refractivity (Wildman–Crippen MR) is 102 cm³/mol. The van der Waals surface area contributed by atoms with Crippen LogP contribution in [0.3, 0.4) is 0 Å². The van der Waals surface area contributed by atoms with E-state index >= 15 is 0 Å². The van der Waals surface area contributed by atoms with Crippen molar-refractivity contribution >= 4 is 28.2 Å². The molecular weight excluding hydrogens is 350 g/mol. The summed E-state index contributed by atoms with van der Waals surface area (Å²) < 4.78 is 10.6. The fraction of sp³-hybridized carbons (Fsp3) is 0.400. The molecule has 1 N–H and O–H groups in total. The summed E-state index contributed by atoms with van der Waals surface area (Å²) in [6.07, 6.45) is 3.27. The van der Waals surface area contributed by atoms with Gasteiger partial charge >= 0.3 is 5.97 Å². The Kier molecular flexibility index (Phi) is 5.61. The van der Waals surface area contributed by atoms with Crippen LogP contribution in [-0.4, -0.2) is 25.1 Å². The van der Waals surface area contributed by atoms with Gasteiger partial charge in [-0.3, -0.25) is 4.79 Å². The first-order chi connectivity index (χ1) is 12.5.